The molecule has 0 aliphatic rings. The molecule has 1 rings (SSSR count). The molecule has 2 unspecified atom stereocenters. The van der Waals surface area contributed by atoms with Gasteiger partial charge in [0.15, 0.2) is 5.96 Å². The summed E-state index contributed by atoms with van der Waals surface area (Å²) in [6.07, 6.45) is 0. The van der Waals surface area contributed by atoms with Crippen LogP contribution in [0.15, 0.2) is 21.8 Å². The standard InChI is InChI=1S/C17H32N4OS/c1-6-18-16(19-11-14(4)21(7-2)8-3)20-13-17(5,22)15-9-10-23-12-15/h9-10,12,14,22H,6-8,11,13H2,1-5H3,(H2,18,19,20). The van der Waals surface area contributed by atoms with E-state index >= 15 is 0 Å². The van der Waals surface area contributed by atoms with Crippen molar-refractivity contribution in [1.29, 1.82) is 0 Å². The van der Waals surface area contributed by atoms with Crippen LogP contribution in [0.2, 0.25) is 0 Å². The molecule has 23 heavy (non-hydrogen) atoms. The van der Waals surface area contributed by atoms with Crippen LogP contribution in [0.25, 0.3) is 0 Å². The molecule has 0 spiro atoms. The van der Waals surface area contributed by atoms with E-state index in [0.717, 1.165) is 37.7 Å². The molecule has 1 aromatic rings. The van der Waals surface area contributed by atoms with Crippen LogP contribution in [-0.4, -0.2) is 54.7 Å². The molecule has 0 amide bonds. The van der Waals surface area contributed by atoms with Crippen molar-refractivity contribution in [2.75, 3.05) is 32.7 Å². The Balaban J connectivity index is 2.63. The van der Waals surface area contributed by atoms with Crippen LogP contribution < -0.4 is 10.6 Å². The lowest BCUT2D eigenvalue weighted by molar-refractivity contribution is 0.0677. The zero-order valence-corrected chi connectivity index (χ0v) is 15.9. The maximum absolute atomic E-state index is 10.6. The number of hydrogen-bond donors (Lipinski definition) is 3. The van der Waals surface area contributed by atoms with Crippen LogP contribution in [0.5, 0.6) is 0 Å². The summed E-state index contributed by atoms with van der Waals surface area (Å²) in [7, 11) is 0. The second-order valence-corrected chi connectivity index (χ2v) is 6.71. The summed E-state index contributed by atoms with van der Waals surface area (Å²) in [5.74, 6) is 0.752. The zero-order valence-electron chi connectivity index (χ0n) is 15.1. The Labute approximate surface area is 144 Å². The van der Waals surface area contributed by atoms with Gasteiger partial charge in [-0.05, 0) is 56.3 Å². The summed E-state index contributed by atoms with van der Waals surface area (Å²) in [6, 6.07) is 2.38. The van der Waals surface area contributed by atoms with Crippen molar-refractivity contribution < 1.29 is 5.11 Å². The van der Waals surface area contributed by atoms with E-state index in [1.54, 1.807) is 18.3 Å². The van der Waals surface area contributed by atoms with E-state index in [0.29, 0.717) is 12.6 Å². The van der Waals surface area contributed by atoms with Gasteiger partial charge in [0.05, 0.1) is 6.54 Å². The van der Waals surface area contributed by atoms with Gasteiger partial charge in [-0.25, -0.2) is 4.99 Å². The lowest BCUT2D eigenvalue weighted by Crippen LogP contribution is -2.46. The highest BCUT2D eigenvalue weighted by atomic mass is 32.1. The molecule has 0 saturated heterocycles. The monoisotopic (exact) mass is 340 g/mol. The third-order valence-electron chi connectivity index (χ3n) is 4.03. The SMILES string of the molecule is CCNC(=NCC(C)(O)c1ccsc1)NCC(C)N(CC)CC. The highest BCUT2D eigenvalue weighted by molar-refractivity contribution is 7.08. The van der Waals surface area contributed by atoms with Gasteiger partial charge in [-0.2, -0.15) is 11.3 Å². The molecule has 0 aromatic carbocycles. The van der Waals surface area contributed by atoms with Gasteiger partial charge >= 0.3 is 0 Å². The van der Waals surface area contributed by atoms with E-state index in [-0.39, 0.29) is 0 Å². The van der Waals surface area contributed by atoms with Gasteiger partial charge in [-0.15, -0.1) is 0 Å². The Morgan fingerprint density at radius 3 is 2.57 bits per heavy atom. The van der Waals surface area contributed by atoms with Gasteiger partial charge in [-0.1, -0.05) is 13.8 Å². The summed E-state index contributed by atoms with van der Waals surface area (Å²) in [6.45, 7) is 14.5. The van der Waals surface area contributed by atoms with Crippen molar-refractivity contribution in [2.45, 2.75) is 46.3 Å². The first kappa shape index (κ1) is 19.9. The Morgan fingerprint density at radius 1 is 1.35 bits per heavy atom. The lowest BCUT2D eigenvalue weighted by atomic mass is 10.00. The summed E-state index contributed by atoms with van der Waals surface area (Å²) < 4.78 is 0. The molecule has 1 heterocycles. The van der Waals surface area contributed by atoms with Gasteiger partial charge in [0, 0.05) is 19.1 Å². The first-order valence-corrected chi connectivity index (χ1v) is 9.40. The van der Waals surface area contributed by atoms with E-state index < -0.39 is 5.60 Å². The highest BCUT2D eigenvalue weighted by Gasteiger charge is 2.23. The Morgan fingerprint density at radius 2 is 2.04 bits per heavy atom. The van der Waals surface area contributed by atoms with Crippen molar-refractivity contribution in [3.63, 3.8) is 0 Å². The summed E-state index contributed by atoms with van der Waals surface area (Å²) in [5.41, 5.74) is -0.0223. The molecule has 6 heteroatoms. The van der Waals surface area contributed by atoms with Crippen molar-refractivity contribution in [2.24, 2.45) is 4.99 Å². The number of hydrogen-bond acceptors (Lipinski definition) is 4. The largest absolute Gasteiger partial charge is 0.383 e. The van der Waals surface area contributed by atoms with Crippen LogP contribution in [0.3, 0.4) is 0 Å². The minimum atomic E-state index is -0.938. The third-order valence-corrected chi connectivity index (χ3v) is 4.72. The minimum Gasteiger partial charge on any atom is -0.383 e. The molecule has 5 nitrogen and oxygen atoms in total. The lowest BCUT2D eigenvalue weighted by Gasteiger charge is -2.27. The number of aliphatic hydroxyl groups is 1. The molecule has 0 radical (unpaired) electrons. The van der Waals surface area contributed by atoms with Crippen LogP contribution in [0, 0.1) is 0 Å². The topological polar surface area (TPSA) is 59.9 Å². The average molecular weight is 341 g/mol. The number of nitrogens with one attached hydrogen (secondary N) is 2. The molecule has 0 fully saturated rings. The van der Waals surface area contributed by atoms with E-state index in [2.05, 4.69) is 41.3 Å². The van der Waals surface area contributed by atoms with Crippen molar-refractivity contribution in [3.8, 4) is 0 Å². The summed E-state index contributed by atoms with van der Waals surface area (Å²) in [5, 5.41) is 21.1. The number of nitrogens with zero attached hydrogens (tertiary/aromatic N) is 2. The zero-order chi connectivity index (χ0) is 17.3. The molecule has 0 aliphatic heterocycles. The molecule has 0 aliphatic carbocycles. The molecule has 132 valence electrons. The van der Waals surface area contributed by atoms with Crippen LogP contribution in [-0.2, 0) is 5.60 Å². The fraction of sp³-hybridized carbons (Fsp3) is 0.706. The number of rotatable bonds is 9. The molecule has 2 atom stereocenters. The maximum atomic E-state index is 10.6. The number of guanidine groups is 1. The molecule has 0 saturated carbocycles. The summed E-state index contributed by atoms with van der Waals surface area (Å²) >= 11 is 1.59. The average Bonchev–Trinajstić information content (AvgIpc) is 3.06. The van der Waals surface area contributed by atoms with Crippen LogP contribution in [0.4, 0.5) is 0 Å². The second kappa shape index (κ2) is 9.90. The summed E-state index contributed by atoms with van der Waals surface area (Å²) in [4.78, 5) is 6.96. The smallest absolute Gasteiger partial charge is 0.191 e. The molecule has 0 bridgehead atoms. The third kappa shape index (κ3) is 6.49. The molecular formula is C17H32N4OS. The second-order valence-electron chi connectivity index (χ2n) is 5.93. The van der Waals surface area contributed by atoms with Crippen molar-refractivity contribution in [3.05, 3.63) is 22.4 Å². The minimum absolute atomic E-state index is 0.332. The fourth-order valence-electron chi connectivity index (χ4n) is 2.46. The van der Waals surface area contributed by atoms with Crippen LogP contribution >= 0.6 is 11.3 Å². The van der Waals surface area contributed by atoms with Gasteiger partial charge in [0.2, 0.25) is 0 Å². The number of aliphatic imine (C=N–C) groups is 1. The van der Waals surface area contributed by atoms with Gasteiger partial charge < -0.3 is 15.7 Å². The van der Waals surface area contributed by atoms with Gasteiger partial charge in [0.25, 0.3) is 0 Å². The first-order valence-electron chi connectivity index (χ1n) is 8.45. The molecule has 1 aromatic heterocycles. The molecule has 3 N–H and O–H groups in total. The number of thiophene rings is 1. The van der Waals surface area contributed by atoms with E-state index in [9.17, 15) is 5.11 Å². The number of likely N-dealkylation sites (N-methyl/N-ethyl adjacent to an activating group) is 1. The van der Waals surface area contributed by atoms with Gasteiger partial charge in [-0.3, -0.25) is 4.90 Å². The fourth-order valence-corrected chi connectivity index (χ4v) is 3.24. The van der Waals surface area contributed by atoms with Crippen molar-refractivity contribution in [1.82, 2.24) is 15.5 Å². The quantitative estimate of drug-likeness (QED) is 0.477. The predicted molar refractivity (Wildman–Crippen MR) is 100 cm³/mol. The normalized spacial score (nSPS) is 16.2. The van der Waals surface area contributed by atoms with Crippen molar-refractivity contribution >= 4 is 17.3 Å². The van der Waals surface area contributed by atoms with E-state index in [4.69, 9.17) is 0 Å². The maximum Gasteiger partial charge on any atom is 0.191 e. The highest BCUT2D eigenvalue weighted by Crippen LogP contribution is 2.23. The predicted octanol–water partition coefficient (Wildman–Crippen LogP) is 2.24. The van der Waals surface area contributed by atoms with E-state index in [1.807, 2.05) is 23.8 Å². The molecular weight excluding hydrogens is 308 g/mol. The Bertz CT molecular complexity index is 455. The first-order chi connectivity index (χ1) is 10.9. The van der Waals surface area contributed by atoms with Crippen LogP contribution in [0.1, 0.15) is 40.2 Å². The Hall–Kier alpha value is -1.11. The van der Waals surface area contributed by atoms with Gasteiger partial charge in [0.1, 0.15) is 5.60 Å². The van der Waals surface area contributed by atoms with E-state index in [1.165, 1.54) is 0 Å². The Kier molecular flexibility index (Phi) is 8.58.